The van der Waals surface area contributed by atoms with Gasteiger partial charge in [0.25, 0.3) is 0 Å². The molecule has 72 valence electrons. The van der Waals surface area contributed by atoms with Crippen LogP contribution >= 0.6 is 0 Å². The smallest absolute Gasteiger partial charge is 0.0570 e. The molecule has 0 heterocycles. The van der Waals surface area contributed by atoms with Gasteiger partial charge in [0.1, 0.15) is 0 Å². The van der Waals surface area contributed by atoms with Crippen LogP contribution in [0.5, 0.6) is 0 Å². The van der Waals surface area contributed by atoms with E-state index in [0.717, 1.165) is 12.3 Å². The zero-order valence-electron chi connectivity index (χ0n) is 8.59. The molecule has 3 unspecified atom stereocenters. The van der Waals surface area contributed by atoms with Crippen molar-refractivity contribution in [1.29, 1.82) is 0 Å². The summed E-state index contributed by atoms with van der Waals surface area (Å²) in [6.07, 6.45) is 4.83. The second-order valence-corrected chi connectivity index (χ2v) is 4.51. The van der Waals surface area contributed by atoms with E-state index >= 15 is 0 Å². The van der Waals surface area contributed by atoms with Gasteiger partial charge >= 0.3 is 0 Å². The van der Waals surface area contributed by atoms with Crippen LogP contribution in [-0.4, -0.2) is 11.2 Å². The lowest BCUT2D eigenvalue weighted by molar-refractivity contribution is 0.0813. The standard InChI is InChI=1S/C11H22O/c1-4-8(2)7-11(12)9(3)10-5-6-10/h8-12H,4-7H2,1-3H3. The molecule has 1 saturated carbocycles. The highest BCUT2D eigenvalue weighted by molar-refractivity contribution is 4.83. The van der Waals surface area contributed by atoms with Gasteiger partial charge in [-0.1, -0.05) is 27.2 Å². The molecule has 0 saturated heterocycles. The second-order valence-electron chi connectivity index (χ2n) is 4.51. The maximum Gasteiger partial charge on any atom is 0.0570 e. The predicted molar refractivity (Wildman–Crippen MR) is 52.0 cm³/mol. The molecular weight excluding hydrogens is 148 g/mol. The molecule has 0 aromatic heterocycles. The van der Waals surface area contributed by atoms with E-state index in [4.69, 9.17) is 0 Å². The average molecular weight is 170 g/mol. The number of hydrogen-bond donors (Lipinski definition) is 1. The van der Waals surface area contributed by atoms with Gasteiger partial charge in [-0.25, -0.2) is 0 Å². The number of aliphatic hydroxyl groups excluding tert-OH is 1. The third-order valence-electron chi connectivity index (χ3n) is 3.31. The molecule has 0 aromatic rings. The van der Waals surface area contributed by atoms with Crippen LogP contribution < -0.4 is 0 Å². The second kappa shape index (κ2) is 4.27. The Kier molecular flexibility index (Phi) is 3.57. The SMILES string of the molecule is CCC(C)CC(O)C(C)C1CC1. The maximum absolute atomic E-state index is 9.83. The molecule has 0 spiro atoms. The lowest BCUT2D eigenvalue weighted by atomic mass is 9.91. The first-order valence-electron chi connectivity index (χ1n) is 5.33. The Balaban J connectivity index is 2.21. The first kappa shape index (κ1) is 10.0. The quantitative estimate of drug-likeness (QED) is 0.672. The highest BCUT2D eigenvalue weighted by Gasteiger charge is 2.32. The van der Waals surface area contributed by atoms with E-state index in [1.807, 2.05) is 0 Å². The summed E-state index contributed by atoms with van der Waals surface area (Å²) in [6.45, 7) is 6.62. The van der Waals surface area contributed by atoms with Crippen molar-refractivity contribution in [1.82, 2.24) is 0 Å². The fourth-order valence-corrected chi connectivity index (χ4v) is 1.73. The largest absolute Gasteiger partial charge is 0.393 e. The van der Waals surface area contributed by atoms with Crippen molar-refractivity contribution in [2.24, 2.45) is 17.8 Å². The normalized spacial score (nSPS) is 25.0. The molecule has 1 fully saturated rings. The Hall–Kier alpha value is -0.0400. The Morgan fingerprint density at radius 1 is 1.33 bits per heavy atom. The van der Waals surface area contributed by atoms with Gasteiger partial charge in [0.05, 0.1) is 6.10 Å². The molecule has 1 aliphatic rings. The van der Waals surface area contributed by atoms with Crippen molar-refractivity contribution in [3.63, 3.8) is 0 Å². The zero-order chi connectivity index (χ0) is 9.14. The molecule has 12 heavy (non-hydrogen) atoms. The summed E-state index contributed by atoms with van der Waals surface area (Å²) in [6, 6.07) is 0. The third-order valence-corrected chi connectivity index (χ3v) is 3.31. The minimum atomic E-state index is -0.0487. The van der Waals surface area contributed by atoms with Gasteiger partial charge in [0.15, 0.2) is 0 Å². The summed E-state index contributed by atoms with van der Waals surface area (Å²) >= 11 is 0. The van der Waals surface area contributed by atoms with E-state index in [-0.39, 0.29) is 6.10 Å². The Labute approximate surface area is 76.2 Å². The molecule has 0 bridgehead atoms. The topological polar surface area (TPSA) is 20.2 Å². The number of hydrogen-bond acceptors (Lipinski definition) is 1. The van der Waals surface area contributed by atoms with Crippen LogP contribution in [0.1, 0.15) is 46.5 Å². The Morgan fingerprint density at radius 2 is 1.92 bits per heavy atom. The first-order chi connectivity index (χ1) is 5.65. The van der Waals surface area contributed by atoms with E-state index in [1.165, 1.54) is 19.3 Å². The molecule has 1 N–H and O–H groups in total. The lowest BCUT2D eigenvalue weighted by Crippen LogP contribution is -2.21. The summed E-state index contributed by atoms with van der Waals surface area (Å²) in [5, 5.41) is 9.83. The van der Waals surface area contributed by atoms with E-state index in [0.29, 0.717) is 11.8 Å². The van der Waals surface area contributed by atoms with E-state index < -0.39 is 0 Å². The molecule has 1 rings (SSSR count). The van der Waals surface area contributed by atoms with Gasteiger partial charge in [0, 0.05) is 0 Å². The third kappa shape index (κ3) is 2.78. The van der Waals surface area contributed by atoms with E-state index in [9.17, 15) is 5.11 Å². The lowest BCUT2D eigenvalue weighted by Gasteiger charge is -2.21. The van der Waals surface area contributed by atoms with Crippen LogP contribution in [0.15, 0.2) is 0 Å². The molecule has 0 aromatic carbocycles. The monoisotopic (exact) mass is 170 g/mol. The van der Waals surface area contributed by atoms with Gasteiger partial charge in [-0.15, -0.1) is 0 Å². The van der Waals surface area contributed by atoms with E-state index in [1.54, 1.807) is 0 Å². The van der Waals surface area contributed by atoms with Crippen LogP contribution in [0.3, 0.4) is 0 Å². The summed E-state index contributed by atoms with van der Waals surface area (Å²) in [7, 11) is 0. The minimum absolute atomic E-state index is 0.0487. The molecule has 3 atom stereocenters. The van der Waals surface area contributed by atoms with Gasteiger partial charge in [-0.05, 0) is 37.0 Å². The van der Waals surface area contributed by atoms with Gasteiger partial charge in [0.2, 0.25) is 0 Å². The Bertz CT molecular complexity index is 129. The molecule has 1 aliphatic carbocycles. The van der Waals surface area contributed by atoms with Crippen LogP contribution in [0.25, 0.3) is 0 Å². The van der Waals surface area contributed by atoms with Crippen LogP contribution in [0.2, 0.25) is 0 Å². The molecule has 0 radical (unpaired) electrons. The Morgan fingerprint density at radius 3 is 2.33 bits per heavy atom. The summed E-state index contributed by atoms with van der Waals surface area (Å²) < 4.78 is 0. The molecular formula is C11H22O. The van der Waals surface area contributed by atoms with Crippen LogP contribution in [0.4, 0.5) is 0 Å². The number of rotatable bonds is 5. The predicted octanol–water partition coefficient (Wildman–Crippen LogP) is 2.83. The van der Waals surface area contributed by atoms with Crippen molar-refractivity contribution in [3.8, 4) is 0 Å². The van der Waals surface area contributed by atoms with Gasteiger partial charge in [-0.2, -0.15) is 0 Å². The molecule has 1 nitrogen and oxygen atoms in total. The summed E-state index contributed by atoms with van der Waals surface area (Å²) in [4.78, 5) is 0. The fourth-order valence-electron chi connectivity index (χ4n) is 1.73. The van der Waals surface area contributed by atoms with Crippen LogP contribution in [-0.2, 0) is 0 Å². The van der Waals surface area contributed by atoms with Gasteiger partial charge in [-0.3, -0.25) is 0 Å². The summed E-state index contributed by atoms with van der Waals surface area (Å²) in [5.74, 6) is 2.06. The summed E-state index contributed by atoms with van der Waals surface area (Å²) in [5.41, 5.74) is 0. The van der Waals surface area contributed by atoms with Crippen molar-refractivity contribution in [2.45, 2.75) is 52.6 Å². The van der Waals surface area contributed by atoms with Crippen molar-refractivity contribution in [2.75, 3.05) is 0 Å². The maximum atomic E-state index is 9.83. The zero-order valence-corrected chi connectivity index (χ0v) is 8.59. The van der Waals surface area contributed by atoms with Crippen LogP contribution in [0, 0.1) is 17.8 Å². The van der Waals surface area contributed by atoms with Crippen molar-refractivity contribution in [3.05, 3.63) is 0 Å². The molecule has 1 heteroatoms. The van der Waals surface area contributed by atoms with Crippen molar-refractivity contribution >= 4 is 0 Å². The average Bonchev–Trinajstić information content (AvgIpc) is 2.85. The van der Waals surface area contributed by atoms with Gasteiger partial charge < -0.3 is 5.11 Å². The first-order valence-corrected chi connectivity index (χ1v) is 5.33. The highest BCUT2D eigenvalue weighted by atomic mass is 16.3. The number of aliphatic hydroxyl groups is 1. The molecule has 0 aliphatic heterocycles. The highest BCUT2D eigenvalue weighted by Crippen LogP contribution is 2.39. The minimum Gasteiger partial charge on any atom is -0.393 e. The van der Waals surface area contributed by atoms with E-state index in [2.05, 4.69) is 20.8 Å². The fraction of sp³-hybridized carbons (Fsp3) is 1.00. The van der Waals surface area contributed by atoms with Crippen molar-refractivity contribution < 1.29 is 5.11 Å². The molecule has 0 amide bonds.